The number of rotatable bonds is 5. The highest BCUT2D eigenvalue weighted by Gasteiger charge is 2.27. The summed E-state index contributed by atoms with van der Waals surface area (Å²) in [6.45, 7) is 1.14. The van der Waals surface area contributed by atoms with Crippen LogP contribution in [0.15, 0.2) is 24.3 Å². The first-order valence-corrected chi connectivity index (χ1v) is 8.88. The van der Waals surface area contributed by atoms with E-state index in [0.717, 1.165) is 25.9 Å². The van der Waals surface area contributed by atoms with Gasteiger partial charge in [-0.15, -0.1) is 0 Å². The van der Waals surface area contributed by atoms with Crippen LogP contribution in [0.1, 0.15) is 23.2 Å². The number of amides is 2. The van der Waals surface area contributed by atoms with Crippen molar-refractivity contribution in [3.63, 3.8) is 0 Å². The number of alkyl halides is 2. The average molecular weight is 367 g/mol. The van der Waals surface area contributed by atoms with Crippen LogP contribution >= 0.6 is 0 Å². The Bertz CT molecular complexity index is 642. The fourth-order valence-electron chi connectivity index (χ4n) is 3.38. The molecule has 26 heavy (non-hydrogen) atoms. The second kappa shape index (κ2) is 8.44. The number of ether oxygens (including phenoxy) is 1. The molecule has 2 amide bonds. The van der Waals surface area contributed by atoms with Gasteiger partial charge in [0.1, 0.15) is 5.75 Å². The lowest BCUT2D eigenvalue weighted by molar-refractivity contribution is -0.131. The molecule has 0 atom stereocenters. The number of para-hydroxylation sites is 1. The van der Waals surface area contributed by atoms with E-state index in [1.54, 1.807) is 17.0 Å². The van der Waals surface area contributed by atoms with Gasteiger partial charge in [0.2, 0.25) is 5.91 Å². The summed E-state index contributed by atoms with van der Waals surface area (Å²) in [5, 5.41) is 0. The molecule has 2 heterocycles. The SMILES string of the molecule is O=C(CN1CCN(C(=O)c2ccccc2OC(F)F)CC1)N1CCCC1. The summed E-state index contributed by atoms with van der Waals surface area (Å²) in [6.07, 6.45) is 2.13. The normalized spacial score (nSPS) is 18.4. The van der Waals surface area contributed by atoms with Crippen LogP contribution in [-0.4, -0.2) is 78.9 Å². The number of halogens is 2. The summed E-state index contributed by atoms with van der Waals surface area (Å²) in [5.74, 6) is -0.302. The Kier molecular flexibility index (Phi) is 6.03. The first-order valence-electron chi connectivity index (χ1n) is 8.88. The molecule has 2 aliphatic rings. The first kappa shape index (κ1) is 18.6. The van der Waals surface area contributed by atoms with E-state index in [4.69, 9.17) is 0 Å². The quantitative estimate of drug-likeness (QED) is 0.795. The van der Waals surface area contributed by atoms with Crippen LogP contribution in [0.5, 0.6) is 5.75 Å². The van der Waals surface area contributed by atoms with Crippen LogP contribution in [0.3, 0.4) is 0 Å². The molecule has 1 aromatic rings. The molecule has 0 unspecified atom stereocenters. The maximum absolute atomic E-state index is 12.6. The molecule has 0 saturated carbocycles. The van der Waals surface area contributed by atoms with Gasteiger partial charge < -0.3 is 14.5 Å². The summed E-state index contributed by atoms with van der Waals surface area (Å²) in [4.78, 5) is 30.4. The van der Waals surface area contributed by atoms with E-state index in [0.29, 0.717) is 32.7 Å². The Balaban J connectivity index is 1.54. The third-order valence-corrected chi connectivity index (χ3v) is 4.81. The molecule has 0 N–H and O–H groups in total. The lowest BCUT2D eigenvalue weighted by Gasteiger charge is -2.35. The second-order valence-corrected chi connectivity index (χ2v) is 6.53. The van der Waals surface area contributed by atoms with Crippen LogP contribution in [-0.2, 0) is 4.79 Å². The summed E-state index contributed by atoms with van der Waals surface area (Å²) in [7, 11) is 0. The number of piperazine rings is 1. The van der Waals surface area contributed by atoms with Gasteiger partial charge in [0, 0.05) is 39.3 Å². The lowest BCUT2D eigenvalue weighted by atomic mass is 10.1. The van der Waals surface area contributed by atoms with Crippen molar-refractivity contribution in [2.24, 2.45) is 0 Å². The van der Waals surface area contributed by atoms with Crippen LogP contribution < -0.4 is 4.74 Å². The largest absolute Gasteiger partial charge is 0.434 e. The highest BCUT2D eigenvalue weighted by molar-refractivity contribution is 5.97. The van der Waals surface area contributed by atoms with Gasteiger partial charge in [-0.05, 0) is 25.0 Å². The fraction of sp³-hybridized carbons (Fsp3) is 0.556. The smallest absolute Gasteiger partial charge is 0.387 e. The molecular formula is C18H23F2N3O3. The van der Waals surface area contributed by atoms with E-state index in [9.17, 15) is 18.4 Å². The van der Waals surface area contributed by atoms with Gasteiger partial charge in [-0.3, -0.25) is 14.5 Å². The fourth-order valence-corrected chi connectivity index (χ4v) is 3.38. The average Bonchev–Trinajstić information content (AvgIpc) is 3.17. The molecule has 142 valence electrons. The second-order valence-electron chi connectivity index (χ2n) is 6.53. The number of benzene rings is 1. The molecule has 0 aromatic heterocycles. The Hall–Kier alpha value is -2.22. The monoisotopic (exact) mass is 367 g/mol. The van der Waals surface area contributed by atoms with Gasteiger partial charge in [-0.1, -0.05) is 12.1 Å². The predicted molar refractivity (Wildman–Crippen MR) is 91.2 cm³/mol. The summed E-state index contributed by atoms with van der Waals surface area (Å²) in [6, 6.07) is 6.03. The van der Waals surface area contributed by atoms with Gasteiger partial charge in [0.25, 0.3) is 5.91 Å². The van der Waals surface area contributed by atoms with Crippen molar-refractivity contribution in [1.29, 1.82) is 0 Å². The van der Waals surface area contributed by atoms with E-state index in [1.165, 1.54) is 12.1 Å². The molecule has 8 heteroatoms. The molecule has 6 nitrogen and oxygen atoms in total. The van der Waals surface area contributed by atoms with Crippen molar-refractivity contribution in [3.8, 4) is 5.75 Å². The number of nitrogens with zero attached hydrogens (tertiary/aromatic N) is 3. The number of carbonyl (C=O) groups excluding carboxylic acids is 2. The van der Waals surface area contributed by atoms with E-state index < -0.39 is 6.61 Å². The minimum absolute atomic E-state index is 0.112. The molecule has 0 aliphatic carbocycles. The lowest BCUT2D eigenvalue weighted by Crippen LogP contribution is -2.51. The van der Waals surface area contributed by atoms with Crippen molar-refractivity contribution in [2.45, 2.75) is 19.5 Å². The zero-order chi connectivity index (χ0) is 18.5. The minimum Gasteiger partial charge on any atom is -0.434 e. The van der Waals surface area contributed by atoms with Crippen molar-refractivity contribution in [3.05, 3.63) is 29.8 Å². The Labute approximate surface area is 151 Å². The zero-order valence-electron chi connectivity index (χ0n) is 14.6. The predicted octanol–water partition coefficient (Wildman–Crippen LogP) is 1.67. The maximum atomic E-state index is 12.6. The van der Waals surface area contributed by atoms with E-state index in [-0.39, 0.29) is 23.1 Å². The molecule has 3 rings (SSSR count). The van der Waals surface area contributed by atoms with Gasteiger partial charge in [-0.25, -0.2) is 0 Å². The molecule has 1 aromatic carbocycles. The van der Waals surface area contributed by atoms with Crippen LogP contribution in [0, 0.1) is 0 Å². The maximum Gasteiger partial charge on any atom is 0.387 e. The van der Waals surface area contributed by atoms with Crippen LogP contribution in [0.2, 0.25) is 0 Å². The van der Waals surface area contributed by atoms with Gasteiger partial charge in [0.15, 0.2) is 0 Å². The minimum atomic E-state index is -2.97. The topological polar surface area (TPSA) is 53.1 Å². The summed E-state index contributed by atoms with van der Waals surface area (Å²) >= 11 is 0. The third kappa shape index (κ3) is 4.49. The first-order chi connectivity index (χ1) is 12.5. The standard InChI is InChI=1S/C18H23F2N3O3/c19-18(20)26-15-6-2-1-5-14(15)17(25)23-11-9-21(10-12-23)13-16(24)22-7-3-4-8-22/h1-2,5-6,18H,3-4,7-13H2. The highest BCUT2D eigenvalue weighted by atomic mass is 19.3. The molecule has 0 spiro atoms. The van der Waals surface area contributed by atoms with Crippen LogP contribution in [0.25, 0.3) is 0 Å². The van der Waals surface area contributed by atoms with Crippen molar-refractivity contribution in [1.82, 2.24) is 14.7 Å². The molecular weight excluding hydrogens is 344 g/mol. The third-order valence-electron chi connectivity index (χ3n) is 4.81. The van der Waals surface area contributed by atoms with Gasteiger partial charge in [-0.2, -0.15) is 8.78 Å². The van der Waals surface area contributed by atoms with E-state index in [2.05, 4.69) is 4.74 Å². The van der Waals surface area contributed by atoms with Gasteiger partial charge in [0.05, 0.1) is 12.1 Å². The molecule has 2 saturated heterocycles. The van der Waals surface area contributed by atoms with Crippen molar-refractivity contribution >= 4 is 11.8 Å². The Morgan fingerprint density at radius 2 is 1.62 bits per heavy atom. The number of hydrogen-bond donors (Lipinski definition) is 0. The summed E-state index contributed by atoms with van der Waals surface area (Å²) < 4.78 is 29.5. The molecule has 0 bridgehead atoms. The zero-order valence-corrected chi connectivity index (χ0v) is 14.6. The van der Waals surface area contributed by atoms with Gasteiger partial charge >= 0.3 is 6.61 Å². The summed E-state index contributed by atoms with van der Waals surface area (Å²) in [5.41, 5.74) is 0.134. The number of carbonyl (C=O) groups is 2. The van der Waals surface area contributed by atoms with Crippen LogP contribution in [0.4, 0.5) is 8.78 Å². The molecule has 2 aliphatic heterocycles. The van der Waals surface area contributed by atoms with E-state index >= 15 is 0 Å². The molecule has 0 radical (unpaired) electrons. The Morgan fingerprint density at radius 1 is 0.962 bits per heavy atom. The Morgan fingerprint density at radius 3 is 2.27 bits per heavy atom. The number of likely N-dealkylation sites (tertiary alicyclic amines) is 1. The highest BCUT2D eigenvalue weighted by Crippen LogP contribution is 2.22. The van der Waals surface area contributed by atoms with Crippen molar-refractivity contribution in [2.75, 3.05) is 45.8 Å². The molecule has 2 fully saturated rings. The van der Waals surface area contributed by atoms with Crippen molar-refractivity contribution < 1.29 is 23.1 Å². The van der Waals surface area contributed by atoms with E-state index in [1.807, 2.05) is 9.80 Å². The number of hydrogen-bond acceptors (Lipinski definition) is 4.